The van der Waals surface area contributed by atoms with Crippen molar-refractivity contribution in [3.8, 4) is 0 Å². The van der Waals surface area contributed by atoms with Crippen molar-refractivity contribution in [1.29, 1.82) is 0 Å². The zero-order chi connectivity index (χ0) is 13.8. The van der Waals surface area contributed by atoms with Gasteiger partial charge in [-0.2, -0.15) is 0 Å². The first kappa shape index (κ1) is 13.2. The van der Waals surface area contributed by atoms with Gasteiger partial charge in [0.05, 0.1) is 5.69 Å². The van der Waals surface area contributed by atoms with Crippen molar-refractivity contribution < 1.29 is 9.18 Å². The summed E-state index contributed by atoms with van der Waals surface area (Å²) in [5.41, 5.74) is 7.82. The fraction of sp³-hybridized carbons (Fsp3) is 0.133. The second kappa shape index (κ2) is 5.63. The molecule has 1 amide bonds. The highest BCUT2D eigenvalue weighted by Gasteiger charge is 2.09. The molecule has 0 unspecified atom stereocenters. The smallest absolute Gasteiger partial charge is 0.255 e. The lowest BCUT2D eigenvalue weighted by atomic mass is 10.1. The molecule has 0 aromatic heterocycles. The fourth-order valence-corrected chi connectivity index (χ4v) is 1.69. The van der Waals surface area contributed by atoms with Crippen molar-refractivity contribution in [2.45, 2.75) is 13.5 Å². The zero-order valence-electron chi connectivity index (χ0n) is 10.6. The number of aryl methyl sites for hydroxylation is 1. The summed E-state index contributed by atoms with van der Waals surface area (Å²) in [4.78, 5) is 11.9. The predicted octanol–water partition coefficient (Wildman–Crippen LogP) is 2.85. The largest absolute Gasteiger partial charge is 0.326 e. The van der Waals surface area contributed by atoms with E-state index in [1.807, 2.05) is 19.1 Å². The average Bonchev–Trinajstić information content (AvgIpc) is 2.41. The number of carbonyl (C=O) groups excluding carboxylic acids is 1. The summed E-state index contributed by atoms with van der Waals surface area (Å²) in [6.45, 7) is 2.20. The van der Waals surface area contributed by atoms with Crippen LogP contribution < -0.4 is 11.1 Å². The summed E-state index contributed by atoms with van der Waals surface area (Å²) in [6, 6.07) is 11.6. The van der Waals surface area contributed by atoms with E-state index in [-0.39, 0.29) is 18.1 Å². The Morgan fingerprint density at radius 3 is 2.47 bits per heavy atom. The van der Waals surface area contributed by atoms with E-state index in [9.17, 15) is 9.18 Å². The lowest BCUT2D eigenvalue weighted by Gasteiger charge is -2.08. The number of anilines is 1. The molecule has 19 heavy (non-hydrogen) atoms. The second-order valence-corrected chi connectivity index (χ2v) is 4.34. The van der Waals surface area contributed by atoms with E-state index in [2.05, 4.69) is 5.32 Å². The zero-order valence-corrected chi connectivity index (χ0v) is 10.6. The second-order valence-electron chi connectivity index (χ2n) is 4.34. The van der Waals surface area contributed by atoms with E-state index in [0.717, 1.165) is 5.56 Å². The van der Waals surface area contributed by atoms with Gasteiger partial charge in [-0.05, 0) is 36.8 Å². The van der Waals surface area contributed by atoms with Crippen molar-refractivity contribution in [2.75, 3.05) is 5.32 Å². The molecular formula is C15H15FN2O. The lowest BCUT2D eigenvalue weighted by molar-refractivity contribution is 0.102. The molecule has 2 aromatic carbocycles. The monoisotopic (exact) mass is 258 g/mol. The van der Waals surface area contributed by atoms with Crippen molar-refractivity contribution in [2.24, 2.45) is 5.73 Å². The topological polar surface area (TPSA) is 55.1 Å². The Hall–Kier alpha value is -2.20. The van der Waals surface area contributed by atoms with Gasteiger partial charge in [-0.15, -0.1) is 0 Å². The first-order valence-corrected chi connectivity index (χ1v) is 5.96. The number of hydrogen-bond acceptors (Lipinski definition) is 2. The van der Waals surface area contributed by atoms with E-state index in [1.54, 1.807) is 18.2 Å². The van der Waals surface area contributed by atoms with Crippen LogP contribution in [0.3, 0.4) is 0 Å². The fourth-order valence-electron chi connectivity index (χ4n) is 1.69. The van der Waals surface area contributed by atoms with Crippen LogP contribution in [0.1, 0.15) is 21.5 Å². The average molecular weight is 258 g/mol. The van der Waals surface area contributed by atoms with Gasteiger partial charge in [-0.25, -0.2) is 4.39 Å². The molecule has 2 rings (SSSR count). The molecular weight excluding hydrogens is 243 g/mol. The van der Waals surface area contributed by atoms with Gasteiger partial charge in [0.2, 0.25) is 0 Å². The number of halogens is 1. The molecule has 0 spiro atoms. The number of hydrogen-bond donors (Lipinski definition) is 2. The molecule has 2 aromatic rings. The summed E-state index contributed by atoms with van der Waals surface area (Å²) in [7, 11) is 0. The Labute approximate surface area is 111 Å². The normalized spacial score (nSPS) is 10.3. The molecule has 0 bridgehead atoms. The molecule has 0 radical (unpaired) electrons. The maximum atomic E-state index is 13.7. The lowest BCUT2D eigenvalue weighted by Crippen LogP contribution is -2.13. The van der Waals surface area contributed by atoms with Crippen LogP contribution in [0, 0.1) is 12.7 Å². The van der Waals surface area contributed by atoms with Crippen molar-refractivity contribution in [3.05, 3.63) is 65.0 Å². The third-order valence-electron chi connectivity index (χ3n) is 2.83. The summed E-state index contributed by atoms with van der Waals surface area (Å²) >= 11 is 0. The minimum atomic E-state index is -0.483. The van der Waals surface area contributed by atoms with E-state index in [1.165, 1.54) is 12.1 Å². The Balaban J connectivity index is 2.17. The highest BCUT2D eigenvalue weighted by molar-refractivity contribution is 6.04. The van der Waals surface area contributed by atoms with E-state index in [4.69, 9.17) is 5.73 Å². The minimum absolute atomic E-state index is 0.155. The van der Waals surface area contributed by atoms with E-state index >= 15 is 0 Å². The Bertz CT molecular complexity index is 594. The quantitative estimate of drug-likeness (QED) is 0.889. The molecule has 0 aliphatic carbocycles. The van der Waals surface area contributed by atoms with Gasteiger partial charge in [0.15, 0.2) is 0 Å². The maximum absolute atomic E-state index is 13.7. The number of nitrogens with one attached hydrogen (secondary N) is 1. The van der Waals surface area contributed by atoms with Gasteiger partial charge in [-0.3, -0.25) is 4.79 Å². The van der Waals surface area contributed by atoms with Crippen LogP contribution in [0.5, 0.6) is 0 Å². The minimum Gasteiger partial charge on any atom is -0.326 e. The van der Waals surface area contributed by atoms with Crippen LogP contribution in [0.2, 0.25) is 0 Å². The highest BCUT2D eigenvalue weighted by Crippen LogP contribution is 2.16. The van der Waals surface area contributed by atoms with E-state index < -0.39 is 5.82 Å². The maximum Gasteiger partial charge on any atom is 0.255 e. The molecule has 98 valence electrons. The van der Waals surface area contributed by atoms with Gasteiger partial charge in [0.1, 0.15) is 5.82 Å². The van der Waals surface area contributed by atoms with Crippen molar-refractivity contribution >= 4 is 11.6 Å². The van der Waals surface area contributed by atoms with Crippen LogP contribution in [-0.2, 0) is 6.54 Å². The van der Waals surface area contributed by atoms with Gasteiger partial charge >= 0.3 is 0 Å². The Morgan fingerprint density at radius 2 is 1.89 bits per heavy atom. The third-order valence-corrected chi connectivity index (χ3v) is 2.83. The first-order chi connectivity index (χ1) is 9.10. The van der Waals surface area contributed by atoms with Crippen LogP contribution in [0.15, 0.2) is 42.5 Å². The van der Waals surface area contributed by atoms with E-state index in [0.29, 0.717) is 11.1 Å². The molecule has 0 saturated carbocycles. The Kier molecular flexibility index (Phi) is 3.92. The van der Waals surface area contributed by atoms with Gasteiger partial charge in [0, 0.05) is 12.1 Å². The number of nitrogens with two attached hydrogens (primary N) is 1. The van der Waals surface area contributed by atoms with Crippen LogP contribution in [0.4, 0.5) is 10.1 Å². The van der Waals surface area contributed by atoms with Crippen LogP contribution in [0.25, 0.3) is 0 Å². The van der Waals surface area contributed by atoms with Crippen LogP contribution in [-0.4, -0.2) is 5.91 Å². The molecule has 0 atom stereocenters. The number of rotatable bonds is 3. The SMILES string of the molecule is Cc1ccc(C(=O)Nc2ccc(CN)cc2F)cc1. The number of benzene rings is 2. The summed E-state index contributed by atoms with van der Waals surface area (Å²) in [5, 5.41) is 2.54. The summed E-state index contributed by atoms with van der Waals surface area (Å²) in [5.74, 6) is -0.817. The van der Waals surface area contributed by atoms with Crippen molar-refractivity contribution in [3.63, 3.8) is 0 Å². The molecule has 4 heteroatoms. The number of amides is 1. The molecule has 3 nitrogen and oxygen atoms in total. The standard InChI is InChI=1S/C15H15FN2O/c1-10-2-5-12(6-3-10)15(19)18-14-7-4-11(9-17)8-13(14)16/h2-8H,9,17H2,1H3,(H,18,19). The third kappa shape index (κ3) is 3.17. The van der Waals surface area contributed by atoms with Gasteiger partial charge < -0.3 is 11.1 Å². The summed E-state index contributed by atoms with van der Waals surface area (Å²) < 4.78 is 13.7. The molecule has 0 heterocycles. The molecule has 0 saturated heterocycles. The summed E-state index contributed by atoms with van der Waals surface area (Å²) in [6.07, 6.45) is 0. The molecule has 3 N–H and O–H groups in total. The van der Waals surface area contributed by atoms with Gasteiger partial charge in [-0.1, -0.05) is 23.8 Å². The first-order valence-electron chi connectivity index (χ1n) is 5.96. The Morgan fingerprint density at radius 1 is 1.21 bits per heavy atom. The number of carbonyl (C=O) groups is 1. The predicted molar refractivity (Wildman–Crippen MR) is 73.4 cm³/mol. The highest BCUT2D eigenvalue weighted by atomic mass is 19.1. The molecule has 0 aliphatic heterocycles. The molecule has 0 aliphatic rings. The van der Waals surface area contributed by atoms with Crippen molar-refractivity contribution in [1.82, 2.24) is 0 Å². The molecule has 0 fully saturated rings. The van der Waals surface area contributed by atoms with Crippen LogP contribution >= 0.6 is 0 Å². The van der Waals surface area contributed by atoms with Gasteiger partial charge in [0.25, 0.3) is 5.91 Å².